The molecule has 0 bridgehead atoms. The van der Waals surface area contributed by atoms with Crippen LogP contribution in [0.3, 0.4) is 0 Å². The summed E-state index contributed by atoms with van der Waals surface area (Å²) in [6, 6.07) is 4.76. The normalized spacial score (nSPS) is 11.8. The summed E-state index contributed by atoms with van der Waals surface area (Å²) in [5.74, 6) is 0.140. The van der Waals surface area contributed by atoms with Gasteiger partial charge in [-0.15, -0.1) is 0 Å². The highest BCUT2D eigenvalue weighted by Gasteiger charge is 2.15. The van der Waals surface area contributed by atoms with Crippen molar-refractivity contribution >= 4 is 23.3 Å². The Morgan fingerprint density at radius 2 is 2.11 bits per heavy atom. The van der Waals surface area contributed by atoms with Gasteiger partial charge < -0.3 is 10.1 Å². The van der Waals surface area contributed by atoms with Gasteiger partial charge in [-0.3, -0.25) is 9.59 Å². The van der Waals surface area contributed by atoms with Crippen LogP contribution in [-0.2, 0) is 4.79 Å². The molecule has 5 heteroatoms. The molecule has 1 aromatic carbocycles. The highest BCUT2D eigenvalue weighted by atomic mass is 35.5. The molecular formula is C14H18ClNO3. The summed E-state index contributed by atoms with van der Waals surface area (Å²) in [5, 5.41) is 3.06. The lowest BCUT2D eigenvalue weighted by molar-refractivity contribution is -0.127. The minimum absolute atomic E-state index is 0.0674. The molecule has 0 aliphatic rings. The van der Waals surface area contributed by atoms with Gasteiger partial charge in [-0.2, -0.15) is 0 Å². The van der Waals surface area contributed by atoms with Crippen molar-refractivity contribution < 1.29 is 14.3 Å². The van der Waals surface area contributed by atoms with Crippen molar-refractivity contribution in [2.45, 2.75) is 33.3 Å². The van der Waals surface area contributed by atoms with Gasteiger partial charge in [-0.25, -0.2) is 0 Å². The molecule has 1 rings (SSSR count). The molecule has 1 N–H and O–H groups in total. The maximum Gasteiger partial charge on any atom is 0.260 e. The molecule has 1 amide bonds. The maximum atomic E-state index is 11.7. The first-order chi connectivity index (χ1) is 8.95. The van der Waals surface area contributed by atoms with Crippen molar-refractivity contribution in [2.24, 2.45) is 0 Å². The summed E-state index contributed by atoms with van der Waals surface area (Å²) in [5.41, 5.74) is 0.514. The number of Topliss-reactive ketones (excluding diaryl/α,β-unsaturated/α-hetero) is 1. The highest BCUT2D eigenvalue weighted by molar-refractivity contribution is 6.32. The second kappa shape index (κ2) is 7.14. The van der Waals surface area contributed by atoms with Gasteiger partial charge in [0.25, 0.3) is 5.91 Å². The van der Waals surface area contributed by atoms with Crippen molar-refractivity contribution in [2.75, 3.05) is 6.54 Å². The van der Waals surface area contributed by atoms with Crippen molar-refractivity contribution in [1.29, 1.82) is 0 Å². The van der Waals surface area contributed by atoms with E-state index in [1.807, 2.05) is 6.92 Å². The Morgan fingerprint density at radius 3 is 2.63 bits per heavy atom. The van der Waals surface area contributed by atoms with E-state index in [1.54, 1.807) is 19.1 Å². The van der Waals surface area contributed by atoms with Crippen LogP contribution in [-0.4, -0.2) is 24.3 Å². The highest BCUT2D eigenvalue weighted by Crippen LogP contribution is 2.26. The topological polar surface area (TPSA) is 55.4 Å². The molecule has 0 saturated heterocycles. The minimum Gasteiger partial charge on any atom is -0.479 e. The summed E-state index contributed by atoms with van der Waals surface area (Å²) in [7, 11) is 0. The predicted octanol–water partition coefficient (Wildman–Crippen LogP) is 2.84. The molecule has 0 fully saturated rings. The Bertz CT molecular complexity index is 474. The van der Waals surface area contributed by atoms with Gasteiger partial charge in [0.1, 0.15) is 5.75 Å². The maximum absolute atomic E-state index is 11.7. The van der Waals surface area contributed by atoms with E-state index in [0.717, 1.165) is 6.42 Å². The standard InChI is InChI=1S/C14H18ClNO3/c1-4-7-16-14(18)10(3)19-13-6-5-11(9(2)17)8-12(13)15/h5-6,8,10H,4,7H2,1-3H3,(H,16,18). The van der Waals surface area contributed by atoms with Crippen LogP contribution in [0.25, 0.3) is 0 Å². The Morgan fingerprint density at radius 1 is 1.42 bits per heavy atom. The zero-order valence-corrected chi connectivity index (χ0v) is 12.1. The summed E-state index contributed by atoms with van der Waals surface area (Å²) in [4.78, 5) is 22.9. The van der Waals surface area contributed by atoms with Crippen LogP contribution < -0.4 is 10.1 Å². The molecule has 1 aromatic rings. The Labute approximate surface area is 118 Å². The van der Waals surface area contributed by atoms with E-state index in [9.17, 15) is 9.59 Å². The van der Waals surface area contributed by atoms with E-state index in [1.165, 1.54) is 13.0 Å². The van der Waals surface area contributed by atoms with Gasteiger partial charge in [0.2, 0.25) is 0 Å². The van der Waals surface area contributed by atoms with Gasteiger partial charge >= 0.3 is 0 Å². The lowest BCUT2D eigenvalue weighted by Crippen LogP contribution is -2.36. The fourth-order valence-corrected chi connectivity index (χ4v) is 1.68. The van der Waals surface area contributed by atoms with E-state index in [0.29, 0.717) is 22.9 Å². The molecule has 1 atom stereocenters. The van der Waals surface area contributed by atoms with E-state index in [-0.39, 0.29) is 11.7 Å². The van der Waals surface area contributed by atoms with Gasteiger partial charge in [-0.1, -0.05) is 18.5 Å². The fourth-order valence-electron chi connectivity index (χ4n) is 1.45. The van der Waals surface area contributed by atoms with E-state index in [2.05, 4.69) is 5.32 Å². The van der Waals surface area contributed by atoms with Crippen LogP contribution in [0.15, 0.2) is 18.2 Å². The van der Waals surface area contributed by atoms with Crippen LogP contribution in [0.2, 0.25) is 5.02 Å². The van der Waals surface area contributed by atoms with Crippen molar-refractivity contribution in [3.63, 3.8) is 0 Å². The Kier molecular flexibility index (Phi) is 5.83. The Hall–Kier alpha value is -1.55. The third-order valence-corrected chi connectivity index (χ3v) is 2.86. The van der Waals surface area contributed by atoms with E-state index >= 15 is 0 Å². The minimum atomic E-state index is -0.632. The summed E-state index contributed by atoms with van der Waals surface area (Å²) in [6.07, 6.45) is 0.235. The number of ether oxygens (including phenoxy) is 1. The number of ketones is 1. The average Bonchev–Trinajstić information content (AvgIpc) is 2.37. The molecule has 0 heterocycles. The zero-order valence-electron chi connectivity index (χ0n) is 11.3. The van der Waals surface area contributed by atoms with Gasteiger partial charge in [-0.05, 0) is 38.5 Å². The van der Waals surface area contributed by atoms with Crippen LogP contribution in [0.1, 0.15) is 37.6 Å². The van der Waals surface area contributed by atoms with Crippen LogP contribution >= 0.6 is 11.6 Å². The number of rotatable bonds is 6. The average molecular weight is 284 g/mol. The van der Waals surface area contributed by atoms with Crippen molar-refractivity contribution in [3.05, 3.63) is 28.8 Å². The molecule has 0 aliphatic carbocycles. The second-order valence-corrected chi connectivity index (χ2v) is 4.66. The molecule has 0 saturated carbocycles. The quantitative estimate of drug-likeness (QED) is 0.817. The van der Waals surface area contributed by atoms with Crippen LogP contribution in [0, 0.1) is 0 Å². The zero-order chi connectivity index (χ0) is 14.4. The third kappa shape index (κ3) is 4.56. The lowest BCUT2D eigenvalue weighted by atomic mass is 10.1. The number of hydrogen-bond acceptors (Lipinski definition) is 3. The summed E-state index contributed by atoms with van der Waals surface area (Å²) in [6.45, 7) is 5.71. The number of amides is 1. The van der Waals surface area contributed by atoms with Crippen LogP contribution in [0.4, 0.5) is 0 Å². The van der Waals surface area contributed by atoms with E-state index < -0.39 is 6.10 Å². The van der Waals surface area contributed by atoms with Gasteiger partial charge in [0.15, 0.2) is 11.9 Å². The van der Waals surface area contributed by atoms with E-state index in [4.69, 9.17) is 16.3 Å². The monoisotopic (exact) mass is 283 g/mol. The Balaban J connectivity index is 2.71. The number of nitrogens with one attached hydrogen (secondary N) is 1. The fraction of sp³-hybridized carbons (Fsp3) is 0.429. The molecule has 4 nitrogen and oxygen atoms in total. The van der Waals surface area contributed by atoms with Gasteiger partial charge in [0, 0.05) is 12.1 Å². The predicted molar refractivity (Wildman–Crippen MR) is 74.8 cm³/mol. The molecule has 19 heavy (non-hydrogen) atoms. The second-order valence-electron chi connectivity index (χ2n) is 4.25. The SMILES string of the molecule is CCCNC(=O)C(C)Oc1ccc(C(C)=O)cc1Cl. The molecule has 0 radical (unpaired) electrons. The number of carbonyl (C=O) groups is 2. The molecule has 0 aromatic heterocycles. The molecular weight excluding hydrogens is 266 g/mol. The lowest BCUT2D eigenvalue weighted by Gasteiger charge is -2.15. The van der Waals surface area contributed by atoms with Gasteiger partial charge in [0.05, 0.1) is 5.02 Å². The summed E-state index contributed by atoms with van der Waals surface area (Å²) < 4.78 is 5.48. The first-order valence-electron chi connectivity index (χ1n) is 6.20. The first-order valence-corrected chi connectivity index (χ1v) is 6.58. The van der Waals surface area contributed by atoms with Crippen molar-refractivity contribution in [3.8, 4) is 5.75 Å². The molecule has 0 spiro atoms. The number of benzene rings is 1. The number of carbonyl (C=O) groups excluding carboxylic acids is 2. The molecule has 104 valence electrons. The first kappa shape index (κ1) is 15.5. The number of hydrogen-bond donors (Lipinski definition) is 1. The largest absolute Gasteiger partial charge is 0.479 e. The molecule has 0 aliphatic heterocycles. The van der Waals surface area contributed by atoms with Crippen LogP contribution in [0.5, 0.6) is 5.75 Å². The number of halogens is 1. The van der Waals surface area contributed by atoms with Crippen molar-refractivity contribution in [1.82, 2.24) is 5.32 Å². The smallest absolute Gasteiger partial charge is 0.260 e. The molecule has 1 unspecified atom stereocenters. The summed E-state index contributed by atoms with van der Waals surface area (Å²) >= 11 is 6.02. The third-order valence-electron chi connectivity index (χ3n) is 2.56.